The molecule has 0 aromatic rings. The van der Waals surface area contributed by atoms with E-state index in [0.717, 1.165) is 71.2 Å². The van der Waals surface area contributed by atoms with E-state index in [4.69, 9.17) is 14.5 Å². The summed E-state index contributed by atoms with van der Waals surface area (Å²) in [5.41, 5.74) is 0. The molecule has 26 heavy (non-hydrogen) atoms. The minimum Gasteiger partial charge on any atom is -0.385 e. The van der Waals surface area contributed by atoms with Crippen LogP contribution < -0.4 is 5.32 Å². The van der Waals surface area contributed by atoms with Crippen molar-refractivity contribution in [3.63, 3.8) is 0 Å². The van der Waals surface area contributed by atoms with Gasteiger partial charge in [-0.1, -0.05) is 6.92 Å². The van der Waals surface area contributed by atoms with Crippen LogP contribution in [0.2, 0.25) is 0 Å². The summed E-state index contributed by atoms with van der Waals surface area (Å²) in [5.74, 6) is 1.09. The van der Waals surface area contributed by atoms with Gasteiger partial charge in [0.2, 0.25) is 0 Å². The first-order chi connectivity index (χ1) is 12.3. The Bertz CT molecular complexity index is 390. The van der Waals surface area contributed by atoms with E-state index in [9.17, 15) is 0 Å². The number of likely N-dealkylation sites (tertiary alicyclic amines) is 2. The maximum absolute atomic E-state index is 5.97. The maximum Gasteiger partial charge on any atom is 0.193 e. The molecule has 0 spiro atoms. The summed E-state index contributed by atoms with van der Waals surface area (Å²) in [6.45, 7) is 12.3. The average Bonchev–Trinajstić information content (AvgIpc) is 3.10. The Morgan fingerprint density at radius 2 is 1.88 bits per heavy atom. The highest BCUT2D eigenvalue weighted by molar-refractivity contribution is 14.0. The van der Waals surface area contributed by atoms with E-state index in [2.05, 4.69) is 29.0 Å². The largest absolute Gasteiger partial charge is 0.385 e. The second kappa shape index (κ2) is 14.0. The van der Waals surface area contributed by atoms with E-state index in [1.807, 2.05) is 0 Å². The Morgan fingerprint density at radius 3 is 2.54 bits per heavy atom. The number of hydrogen-bond acceptors (Lipinski definition) is 4. The van der Waals surface area contributed by atoms with Gasteiger partial charge in [-0.15, -0.1) is 24.0 Å². The SMILES string of the molecule is CCNC(=NCC1CCCN1CC)N1CCC(OCCCOC)CC1.I. The standard InChI is InChI=1S/C19H38N4O2.HI/c1-4-20-19(21-16-17-8-6-11-22(17)5-2)23-12-9-18(10-13-23)25-15-7-14-24-3;/h17-18H,4-16H2,1-3H3,(H,20,21);1H. The van der Waals surface area contributed by atoms with E-state index < -0.39 is 0 Å². The summed E-state index contributed by atoms with van der Waals surface area (Å²) in [5, 5.41) is 3.48. The quantitative estimate of drug-likeness (QED) is 0.237. The van der Waals surface area contributed by atoms with Crippen molar-refractivity contribution >= 4 is 29.9 Å². The van der Waals surface area contributed by atoms with Gasteiger partial charge in [0.1, 0.15) is 0 Å². The van der Waals surface area contributed by atoms with E-state index >= 15 is 0 Å². The van der Waals surface area contributed by atoms with Crippen LogP contribution >= 0.6 is 24.0 Å². The van der Waals surface area contributed by atoms with Gasteiger partial charge in [-0.05, 0) is 52.1 Å². The molecule has 0 radical (unpaired) electrons. The summed E-state index contributed by atoms with van der Waals surface area (Å²) in [4.78, 5) is 9.93. The third kappa shape index (κ3) is 7.86. The van der Waals surface area contributed by atoms with E-state index in [1.165, 1.54) is 19.4 Å². The first-order valence-corrected chi connectivity index (χ1v) is 10.2. The lowest BCUT2D eigenvalue weighted by Crippen LogP contribution is -2.47. The summed E-state index contributed by atoms with van der Waals surface area (Å²) in [7, 11) is 1.74. The van der Waals surface area contributed by atoms with Crippen LogP contribution in [0, 0.1) is 0 Å². The number of guanidine groups is 1. The zero-order chi connectivity index (χ0) is 17.9. The van der Waals surface area contributed by atoms with Crippen LogP contribution in [-0.4, -0.2) is 87.5 Å². The zero-order valence-electron chi connectivity index (χ0n) is 16.9. The lowest BCUT2D eigenvalue weighted by molar-refractivity contribution is 0.00989. The lowest BCUT2D eigenvalue weighted by atomic mass is 10.1. The van der Waals surface area contributed by atoms with Crippen LogP contribution in [0.1, 0.15) is 46.0 Å². The number of rotatable bonds is 9. The number of piperidine rings is 1. The Balaban J connectivity index is 0.00000338. The van der Waals surface area contributed by atoms with Gasteiger partial charge in [-0.25, -0.2) is 0 Å². The predicted molar refractivity (Wildman–Crippen MR) is 119 cm³/mol. The highest BCUT2D eigenvalue weighted by Crippen LogP contribution is 2.18. The van der Waals surface area contributed by atoms with Crippen LogP contribution in [0.25, 0.3) is 0 Å². The fourth-order valence-electron chi connectivity index (χ4n) is 3.82. The summed E-state index contributed by atoms with van der Waals surface area (Å²) >= 11 is 0. The van der Waals surface area contributed by atoms with Gasteiger partial charge in [0.15, 0.2) is 5.96 Å². The minimum absolute atomic E-state index is 0. The second-order valence-electron chi connectivity index (χ2n) is 7.02. The second-order valence-corrected chi connectivity index (χ2v) is 7.02. The molecular weight excluding hydrogens is 443 g/mol. The molecule has 2 saturated heterocycles. The summed E-state index contributed by atoms with van der Waals surface area (Å²) in [6, 6.07) is 0.625. The Hall–Kier alpha value is -0.120. The fraction of sp³-hybridized carbons (Fsp3) is 0.947. The van der Waals surface area contributed by atoms with E-state index in [-0.39, 0.29) is 24.0 Å². The number of nitrogens with zero attached hydrogens (tertiary/aromatic N) is 3. The van der Waals surface area contributed by atoms with E-state index in [1.54, 1.807) is 7.11 Å². The first-order valence-electron chi connectivity index (χ1n) is 10.2. The van der Waals surface area contributed by atoms with Gasteiger partial charge in [-0.2, -0.15) is 0 Å². The molecule has 0 aliphatic carbocycles. The van der Waals surface area contributed by atoms with Crippen molar-refractivity contribution in [3.05, 3.63) is 0 Å². The maximum atomic E-state index is 5.97. The van der Waals surface area contributed by atoms with Crippen molar-refractivity contribution in [2.75, 3.05) is 59.6 Å². The molecular formula is C19H39IN4O2. The van der Waals surface area contributed by atoms with E-state index in [0.29, 0.717) is 12.1 Å². The zero-order valence-corrected chi connectivity index (χ0v) is 19.2. The predicted octanol–water partition coefficient (Wildman–Crippen LogP) is 2.57. The van der Waals surface area contributed by atoms with Crippen LogP contribution in [0.15, 0.2) is 4.99 Å². The average molecular weight is 482 g/mol. The molecule has 1 atom stereocenters. The molecule has 2 aliphatic heterocycles. The van der Waals surface area contributed by atoms with Gasteiger partial charge in [0, 0.05) is 46.0 Å². The van der Waals surface area contributed by atoms with Crippen molar-refractivity contribution in [1.82, 2.24) is 15.1 Å². The topological polar surface area (TPSA) is 49.3 Å². The molecule has 0 saturated carbocycles. The molecule has 0 aromatic heterocycles. The van der Waals surface area contributed by atoms with Crippen molar-refractivity contribution < 1.29 is 9.47 Å². The number of ether oxygens (including phenoxy) is 2. The molecule has 0 amide bonds. The van der Waals surface area contributed by atoms with Gasteiger partial charge >= 0.3 is 0 Å². The van der Waals surface area contributed by atoms with Crippen LogP contribution in [0.5, 0.6) is 0 Å². The molecule has 1 unspecified atom stereocenters. The first kappa shape index (κ1) is 23.9. The number of halogens is 1. The minimum atomic E-state index is 0. The monoisotopic (exact) mass is 482 g/mol. The van der Waals surface area contributed by atoms with Crippen LogP contribution in [0.4, 0.5) is 0 Å². The molecule has 1 N–H and O–H groups in total. The third-order valence-corrected chi connectivity index (χ3v) is 5.28. The lowest BCUT2D eigenvalue weighted by Gasteiger charge is -2.34. The number of likely N-dealkylation sites (N-methyl/N-ethyl adjacent to an activating group) is 1. The molecule has 0 bridgehead atoms. The highest BCUT2D eigenvalue weighted by Gasteiger charge is 2.25. The summed E-state index contributed by atoms with van der Waals surface area (Å²) < 4.78 is 11.0. The van der Waals surface area contributed by atoms with Crippen LogP contribution in [0.3, 0.4) is 0 Å². The van der Waals surface area contributed by atoms with Gasteiger partial charge in [0.05, 0.1) is 12.6 Å². The van der Waals surface area contributed by atoms with Gasteiger partial charge in [-0.3, -0.25) is 9.89 Å². The van der Waals surface area contributed by atoms with Crippen molar-refractivity contribution in [3.8, 4) is 0 Å². The van der Waals surface area contributed by atoms with Crippen LogP contribution in [-0.2, 0) is 9.47 Å². The molecule has 6 nitrogen and oxygen atoms in total. The number of aliphatic imine (C=N–C) groups is 1. The molecule has 2 aliphatic rings. The Morgan fingerprint density at radius 1 is 1.12 bits per heavy atom. The number of hydrogen-bond donors (Lipinski definition) is 1. The molecule has 2 fully saturated rings. The van der Waals surface area contributed by atoms with Crippen molar-refractivity contribution in [1.29, 1.82) is 0 Å². The molecule has 2 rings (SSSR count). The normalized spacial score (nSPS) is 22.5. The molecule has 0 aromatic carbocycles. The summed E-state index contributed by atoms with van der Waals surface area (Å²) in [6.07, 6.45) is 6.14. The molecule has 2 heterocycles. The van der Waals surface area contributed by atoms with Gasteiger partial charge < -0.3 is 19.7 Å². The Labute approximate surface area is 177 Å². The third-order valence-electron chi connectivity index (χ3n) is 5.28. The smallest absolute Gasteiger partial charge is 0.193 e. The number of methoxy groups -OCH3 is 1. The van der Waals surface area contributed by atoms with Crippen molar-refractivity contribution in [2.24, 2.45) is 4.99 Å². The van der Waals surface area contributed by atoms with Gasteiger partial charge in [0.25, 0.3) is 0 Å². The Kier molecular flexibility index (Phi) is 12.8. The number of nitrogens with one attached hydrogen (secondary N) is 1. The fourth-order valence-corrected chi connectivity index (χ4v) is 3.82. The molecule has 154 valence electrons. The molecule has 7 heteroatoms. The highest BCUT2D eigenvalue weighted by atomic mass is 127. The van der Waals surface area contributed by atoms with Crippen molar-refractivity contribution in [2.45, 2.75) is 58.1 Å².